The second-order valence-corrected chi connectivity index (χ2v) is 6.47. The number of carboxylic acids is 1. The molecule has 0 aliphatic carbocycles. The molecule has 3 N–H and O–H groups in total. The van der Waals surface area contributed by atoms with E-state index in [9.17, 15) is 14.7 Å². The maximum atomic E-state index is 11.9. The second kappa shape index (κ2) is 8.69. The van der Waals surface area contributed by atoms with Gasteiger partial charge in [0.05, 0.1) is 13.0 Å². The van der Waals surface area contributed by atoms with Gasteiger partial charge in [0.15, 0.2) is 5.60 Å². The summed E-state index contributed by atoms with van der Waals surface area (Å²) in [5.74, 6) is -1.20. The van der Waals surface area contributed by atoms with Gasteiger partial charge < -0.3 is 20.3 Å². The Kier molecular flexibility index (Phi) is 6.60. The van der Waals surface area contributed by atoms with E-state index in [-0.39, 0.29) is 13.0 Å². The van der Waals surface area contributed by atoms with E-state index in [1.54, 1.807) is 30.3 Å². The van der Waals surface area contributed by atoms with Gasteiger partial charge in [-0.1, -0.05) is 41.9 Å². The van der Waals surface area contributed by atoms with Crippen LogP contribution in [0.3, 0.4) is 0 Å². The summed E-state index contributed by atoms with van der Waals surface area (Å²) >= 11 is 6.09. The normalized spacial score (nSPS) is 12.9. The minimum atomic E-state index is -2.00. The van der Waals surface area contributed by atoms with Gasteiger partial charge in [-0.3, -0.25) is 4.79 Å². The molecule has 0 fully saturated rings. The number of aliphatic hydroxyl groups is 1. The third-order valence-electron chi connectivity index (χ3n) is 3.71. The smallest absolute Gasteiger partial charge is 0.337 e. The molecule has 0 aromatic heterocycles. The molecule has 1 amide bonds. The summed E-state index contributed by atoms with van der Waals surface area (Å²) in [7, 11) is 0. The number of nitrogens with one attached hydrogen (secondary N) is 1. The SMILES string of the molecule is CC(O)(CNC(=O)Cc1cccc(OCc2ccccc2Cl)c1)C(=O)O. The summed E-state index contributed by atoms with van der Waals surface area (Å²) < 4.78 is 5.71. The minimum Gasteiger partial charge on any atom is -0.489 e. The third kappa shape index (κ3) is 5.75. The van der Waals surface area contributed by atoms with Gasteiger partial charge in [-0.2, -0.15) is 0 Å². The average Bonchev–Trinajstić information content (AvgIpc) is 2.59. The van der Waals surface area contributed by atoms with Gasteiger partial charge in [0.1, 0.15) is 12.4 Å². The Bertz CT molecular complexity index is 791. The van der Waals surface area contributed by atoms with Crippen molar-refractivity contribution in [1.29, 1.82) is 0 Å². The maximum Gasteiger partial charge on any atom is 0.337 e. The van der Waals surface area contributed by atoms with E-state index in [2.05, 4.69) is 5.32 Å². The van der Waals surface area contributed by atoms with E-state index >= 15 is 0 Å². The molecule has 0 aliphatic rings. The first-order valence-corrected chi connectivity index (χ1v) is 8.33. The zero-order chi connectivity index (χ0) is 19.2. The van der Waals surface area contributed by atoms with Gasteiger partial charge in [0.2, 0.25) is 5.91 Å². The van der Waals surface area contributed by atoms with Crippen molar-refractivity contribution in [2.45, 2.75) is 25.6 Å². The van der Waals surface area contributed by atoms with E-state index in [1.807, 2.05) is 18.2 Å². The van der Waals surface area contributed by atoms with Crippen LogP contribution in [0.25, 0.3) is 0 Å². The lowest BCUT2D eigenvalue weighted by Crippen LogP contribution is -2.46. The highest BCUT2D eigenvalue weighted by molar-refractivity contribution is 6.31. The predicted molar refractivity (Wildman–Crippen MR) is 97.2 cm³/mol. The summed E-state index contributed by atoms with van der Waals surface area (Å²) in [6.45, 7) is 1.06. The Morgan fingerprint density at radius 1 is 1.19 bits per heavy atom. The first-order chi connectivity index (χ1) is 12.3. The Balaban J connectivity index is 1.91. The second-order valence-electron chi connectivity index (χ2n) is 6.06. The Morgan fingerprint density at radius 3 is 2.62 bits per heavy atom. The fourth-order valence-corrected chi connectivity index (χ4v) is 2.31. The third-order valence-corrected chi connectivity index (χ3v) is 4.07. The van der Waals surface area contributed by atoms with Crippen LogP contribution in [-0.2, 0) is 22.6 Å². The lowest BCUT2D eigenvalue weighted by atomic mass is 10.1. The molecule has 0 heterocycles. The largest absolute Gasteiger partial charge is 0.489 e. The molecule has 0 radical (unpaired) electrons. The van der Waals surface area contributed by atoms with Crippen LogP contribution in [-0.4, -0.2) is 34.2 Å². The molecule has 7 heteroatoms. The van der Waals surface area contributed by atoms with Gasteiger partial charge in [-0.15, -0.1) is 0 Å². The average molecular weight is 378 g/mol. The highest BCUT2D eigenvalue weighted by atomic mass is 35.5. The van der Waals surface area contributed by atoms with Crippen molar-refractivity contribution in [3.63, 3.8) is 0 Å². The monoisotopic (exact) mass is 377 g/mol. The quantitative estimate of drug-likeness (QED) is 0.656. The Labute approximate surface area is 156 Å². The summed E-state index contributed by atoms with van der Waals surface area (Å²) in [5, 5.41) is 21.5. The van der Waals surface area contributed by atoms with Gasteiger partial charge in [-0.05, 0) is 30.7 Å². The molecule has 0 saturated heterocycles. The summed E-state index contributed by atoms with van der Waals surface area (Å²) in [4.78, 5) is 22.8. The van der Waals surface area contributed by atoms with Crippen LogP contribution < -0.4 is 10.1 Å². The Morgan fingerprint density at radius 2 is 1.92 bits per heavy atom. The molecule has 0 aliphatic heterocycles. The zero-order valence-corrected chi connectivity index (χ0v) is 15.0. The molecule has 0 saturated carbocycles. The van der Waals surface area contributed by atoms with E-state index < -0.39 is 17.5 Å². The number of benzene rings is 2. The molecule has 2 aromatic rings. The number of aliphatic carboxylic acids is 1. The molecule has 2 aromatic carbocycles. The molecule has 0 spiro atoms. The molecular formula is C19H20ClNO5. The van der Waals surface area contributed by atoms with Crippen molar-refractivity contribution in [1.82, 2.24) is 5.32 Å². The predicted octanol–water partition coefficient (Wildman–Crippen LogP) is 2.41. The minimum absolute atomic E-state index is 0.0407. The van der Waals surface area contributed by atoms with Crippen LogP contribution in [0.1, 0.15) is 18.1 Å². The molecular weight excluding hydrogens is 358 g/mol. The van der Waals surface area contributed by atoms with Crippen LogP contribution in [0.5, 0.6) is 5.75 Å². The van der Waals surface area contributed by atoms with Crippen molar-refractivity contribution in [2.24, 2.45) is 0 Å². The van der Waals surface area contributed by atoms with E-state index in [4.69, 9.17) is 21.4 Å². The lowest BCUT2D eigenvalue weighted by molar-refractivity contribution is -0.156. The van der Waals surface area contributed by atoms with Crippen LogP contribution in [0, 0.1) is 0 Å². The standard InChI is InChI=1S/C19H20ClNO5/c1-19(25,18(23)24)12-21-17(22)10-13-5-4-7-15(9-13)26-11-14-6-2-3-8-16(14)20/h2-9,25H,10-12H2,1H3,(H,21,22)(H,23,24). The zero-order valence-electron chi connectivity index (χ0n) is 14.2. The number of hydrogen-bond acceptors (Lipinski definition) is 4. The first kappa shape index (κ1) is 19.8. The van der Waals surface area contributed by atoms with Crippen LogP contribution in [0.15, 0.2) is 48.5 Å². The highest BCUT2D eigenvalue weighted by Crippen LogP contribution is 2.19. The number of ether oxygens (including phenoxy) is 1. The van der Waals surface area contributed by atoms with Crippen LogP contribution in [0.2, 0.25) is 5.02 Å². The van der Waals surface area contributed by atoms with Crippen molar-refractivity contribution >= 4 is 23.5 Å². The van der Waals surface area contributed by atoms with Gasteiger partial charge in [-0.25, -0.2) is 4.79 Å². The van der Waals surface area contributed by atoms with E-state index in [0.29, 0.717) is 22.9 Å². The maximum absolute atomic E-state index is 11.9. The van der Waals surface area contributed by atoms with Crippen molar-refractivity contribution in [2.75, 3.05) is 6.54 Å². The van der Waals surface area contributed by atoms with Gasteiger partial charge in [0, 0.05) is 10.6 Å². The summed E-state index contributed by atoms with van der Waals surface area (Å²) in [5.41, 5.74) is -0.447. The first-order valence-electron chi connectivity index (χ1n) is 7.95. The van der Waals surface area contributed by atoms with E-state index in [0.717, 1.165) is 12.5 Å². The fraction of sp³-hybridized carbons (Fsp3) is 0.263. The number of amides is 1. The van der Waals surface area contributed by atoms with E-state index in [1.165, 1.54) is 0 Å². The van der Waals surface area contributed by atoms with Crippen LogP contribution in [0.4, 0.5) is 0 Å². The molecule has 0 bridgehead atoms. The van der Waals surface area contributed by atoms with Gasteiger partial charge >= 0.3 is 5.97 Å². The molecule has 138 valence electrons. The highest BCUT2D eigenvalue weighted by Gasteiger charge is 2.30. The summed E-state index contributed by atoms with van der Waals surface area (Å²) in [6.07, 6.45) is 0.0407. The number of halogens is 1. The molecule has 2 rings (SSSR count). The lowest BCUT2D eigenvalue weighted by Gasteiger charge is -2.18. The van der Waals surface area contributed by atoms with Crippen LogP contribution >= 0.6 is 11.6 Å². The van der Waals surface area contributed by atoms with Crippen molar-refractivity contribution in [3.8, 4) is 5.75 Å². The topological polar surface area (TPSA) is 95.9 Å². The fourth-order valence-electron chi connectivity index (χ4n) is 2.12. The van der Waals surface area contributed by atoms with Gasteiger partial charge in [0.25, 0.3) is 0 Å². The van der Waals surface area contributed by atoms with Crippen molar-refractivity contribution < 1.29 is 24.5 Å². The Hall–Kier alpha value is -2.57. The van der Waals surface area contributed by atoms with Crippen molar-refractivity contribution in [3.05, 3.63) is 64.7 Å². The number of carboxylic acid groups (broad SMARTS) is 1. The molecule has 1 unspecified atom stereocenters. The number of hydrogen-bond donors (Lipinski definition) is 3. The number of carbonyl (C=O) groups is 2. The molecule has 1 atom stereocenters. The number of rotatable bonds is 8. The summed E-state index contributed by atoms with van der Waals surface area (Å²) in [6, 6.07) is 14.4. The number of carbonyl (C=O) groups excluding carboxylic acids is 1. The molecule has 6 nitrogen and oxygen atoms in total. The molecule has 26 heavy (non-hydrogen) atoms.